The van der Waals surface area contributed by atoms with Crippen molar-refractivity contribution in [3.05, 3.63) is 39.4 Å². The molecule has 0 N–H and O–H groups in total. The van der Waals surface area contributed by atoms with Crippen LogP contribution in [0.15, 0.2) is 23.7 Å². The molecule has 0 aromatic carbocycles. The Morgan fingerprint density at radius 2 is 2.27 bits per heavy atom. The number of nitrogens with zero attached hydrogens (tertiary/aromatic N) is 2. The van der Waals surface area contributed by atoms with Gasteiger partial charge in [-0.05, 0) is 0 Å². The molecule has 1 aromatic rings. The minimum atomic E-state index is -0.503. The lowest BCUT2D eigenvalue weighted by molar-refractivity contribution is -0.380. The van der Waals surface area contributed by atoms with Gasteiger partial charge in [-0.1, -0.05) is 11.3 Å². The molecule has 0 amide bonds. The fraction of sp³-hybridized carbons (Fsp3) is 0.222. The summed E-state index contributed by atoms with van der Waals surface area (Å²) in [7, 11) is 3.58. The maximum absolute atomic E-state index is 11.5. The molecule has 0 aliphatic heterocycles. The Labute approximate surface area is 90.8 Å². The first-order chi connectivity index (χ1) is 7.00. The molecule has 0 spiro atoms. The highest BCUT2D eigenvalue weighted by Crippen LogP contribution is 2.22. The Kier molecular flexibility index (Phi) is 3.56. The number of hydrogen-bond donors (Lipinski definition) is 0. The van der Waals surface area contributed by atoms with Crippen LogP contribution in [0.5, 0.6) is 0 Å². The molecule has 1 aromatic heterocycles. The third-order valence-electron chi connectivity index (χ3n) is 1.57. The van der Waals surface area contributed by atoms with Crippen molar-refractivity contribution >= 4 is 22.1 Å². The first kappa shape index (κ1) is 11.4. The van der Waals surface area contributed by atoms with Gasteiger partial charge >= 0.3 is 5.00 Å². The van der Waals surface area contributed by atoms with Crippen molar-refractivity contribution < 1.29 is 9.72 Å². The quantitative estimate of drug-likeness (QED) is 0.340. The van der Waals surface area contributed by atoms with Gasteiger partial charge in [0.15, 0.2) is 5.78 Å². The van der Waals surface area contributed by atoms with E-state index in [1.165, 1.54) is 17.5 Å². The van der Waals surface area contributed by atoms with E-state index in [2.05, 4.69) is 0 Å². The first-order valence-electron chi connectivity index (χ1n) is 4.12. The van der Waals surface area contributed by atoms with Crippen molar-refractivity contribution in [2.45, 2.75) is 0 Å². The molecule has 0 aliphatic carbocycles. The maximum atomic E-state index is 11.5. The molecule has 1 heterocycles. The molecule has 6 heteroatoms. The Balaban J connectivity index is 2.79. The highest BCUT2D eigenvalue weighted by Gasteiger charge is 2.12. The first-order valence-corrected chi connectivity index (χ1v) is 5.00. The zero-order valence-corrected chi connectivity index (χ0v) is 9.15. The number of allylic oxidation sites excluding steroid dienone is 1. The van der Waals surface area contributed by atoms with E-state index in [1.807, 2.05) is 0 Å². The Morgan fingerprint density at radius 1 is 1.60 bits per heavy atom. The summed E-state index contributed by atoms with van der Waals surface area (Å²) in [6, 6.07) is 1.28. The molecule has 0 aliphatic rings. The van der Waals surface area contributed by atoms with Gasteiger partial charge in [0.05, 0.1) is 4.92 Å². The summed E-state index contributed by atoms with van der Waals surface area (Å²) < 4.78 is 0. The molecular formula is C9H10N2O3S. The second-order valence-electron chi connectivity index (χ2n) is 3.07. The standard InChI is InChI=1S/C9H10N2O3S/c1-10(2)4-3-8(12)7-5-9(11(13)14)15-6-7/h3-6H,1-2H3/b4-3+. The molecule has 0 radical (unpaired) electrons. The second-order valence-corrected chi connectivity index (χ2v) is 3.96. The van der Waals surface area contributed by atoms with Gasteiger partial charge in [-0.2, -0.15) is 0 Å². The average molecular weight is 226 g/mol. The summed E-state index contributed by atoms with van der Waals surface area (Å²) in [5.41, 5.74) is 0.352. The van der Waals surface area contributed by atoms with Crippen LogP contribution in [0.4, 0.5) is 5.00 Å². The van der Waals surface area contributed by atoms with E-state index < -0.39 is 4.92 Å². The van der Waals surface area contributed by atoms with E-state index >= 15 is 0 Å². The summed E-state index contributed by atoms with van der Waals surface area (Å²) in [6.07, 6.45) is 2.98. The van der Waals surface area contributed by atoms with Gasteiger partial charge in [0, 0.05) is 43.4 Å². The largest absolute Gasteiger partial charge is 0.383 e. The SMILES string of the molecule is CN(C)/C=C/C(=O)c1csc([N+](=O)[O-])c1. The molecule has 5 nitrogen and oxygen atoms in total. The molecule has 0 fully saturated rings. The molecule has 15 heavy (non-hydrogen) atoms. The minimum Gasteiger partial charge on any atom is -0.383 e. The van der Waals surface area contributed by atoms with Crippen molar-refractivity contribution in [1.82, 2.24) is 4.90 Å². The zero-order valence-electron chi connectivity index (χ0n) is 8.34. The maximum Gasteiger partial charge on any atom is 0.324 e. The lowest BCUT2D eigenvalue weighted by Gasteiger charge is -2.01. The number of ketones is 1. The van der Waals surface area contributed by atoms with Crippen LogP contribution < -0.4 is 0 Å². The third-order valence-corrected chi connectivity index (χ3v) is 2.45. The summed E-state index contributed by atoms with van der Waals surface area (Å²) >= 11 is 0.953. The van der Waals surface area contributed by atoms with Gasteiger partial charge in [-0.25, -0.2) is 0 Å². The van der Waals surface area contributed by atoms with Crippen LogP contribution in [0.25, 0.3) is 0 Å². The van der Waals surface area contributed by atoms with Crippen LogP contribution in [0, 0.1) is 10.1 Å². The van der Waals surface area contributed by atoms with E-state index in [0.717, 1.165) is 11.3 Å². The highest BCUT2D eigenvalue weighted by molar-refractivity contribution is 7.13. The number of nitro groups is 1. The van der Waals surface area contributed by atoms with Crippen molar-refractivity contribution in [1.29, 1.82) is 0 Å². The van der Waals surface area contributed by atoms with Crippen LogP contribution in [-0.2, 0) is 0 Å². The lowest BCUT2D eigenvalue weighted by Crippen LogP contribution is -2.02. The van der Waals surface area contributed by atoms with Crippen molar-refractivity contribution in [2.75, 3.05) is 14.1 Å². The van der Waals surface area contributed by atoms with Gasteiger partial charge in [0.1, 0.15) is 0 Å². The zero-order chi connectivity index (χ0) is 11.4. The van der Waals surface area contributed by atoms with Crippen LogP contribution in [0.2, 0.25) is 0 Å². The molecule has 0 saturated carbocycles. The molecule has 0 bridgehead atoms. The predicted octanol–water partition coefficient (Wildman–Crippen LogP) is 1.91. The minimum absolute atomic E-state index is 0.0170. The Morgan fingerprint density at radius 3 is 2.73 bits per heavy atom. The van der Waals surface area contributed by atoms with Gasteiger partial charge in [-0.3, -0.25) is 14.9 Å². The third kappa shape index (κ3) is 3.17. The molecule has 0 atom stereocenters. The number of hydrogen-bond acceptors (Lipinski definition) is 5. The van der Waals surface area contributed by atoms with Crippen LogP contribution in [-0.4, -0.2) is 29.7 Å². The Bertz CT molecular complexity index is 409. The summed E-state index contributed by atoms with van der Waals surface area (Å²) in [5.74, 6) is -0.229. The van der Waals surface area contributed by atoms with Crippen molar-refractivity contribution in [3.8, 4) is 0 Å². The predicted molar refractivity (Wildman–Crippen MR) is 58.1 cm³/mol. The number of thiophene rings is 1. The fourth-order valence-corrected chi connectivity index (χ4v) is 1.58. The monoisotopic (exact) mass is 226 g/mol. The number of rotatable bonds is 4. The smallest absolute Gasteiger partial charge is 0.324 e. The number of carbonyl (C=O) groups excluding carboxylic acids is 1. The molecule has 0 unspecified atom stereocenters. The van der Waals surface area contributed by atoms with Gasteiger partial charge < -0.3 is 4.90 Å². The van der Waals surface area contributed by atoms with Crippen molar-refractivity contribution in [2.24, 2.45) is 0 Å². The van der Waals surface area contributed by atoms with E-state index in [9.17, 15) is 14.9 Å². The molecule has 80 valence electrons. The van der Waals surface area contributed by atoms with E-state index in [1.54, 1.807) is 25.2 Å². The average Bonchev–Trinajstić information content (AvgIpc) is 2.62. The second kappa shape index (κ2) is 4.70. The molecular weight excluding hydrogens is 216 g/mol. The van der Waals surface area contributed by atoms with E-state index in [0.29, 0.717) is 5.56 Å². The fourth-order valence-electron chi connectivity index (χ4n) is 0.863. The lowest BCUT2D eigenvalue weighted by atomic mass is 10.2. The summed E-state index contributed by atoms with van der Waals surface area (Å²) in [4.78, 5) is 23.1. The summed E-state index contributed by atoms with van der Waals surface area (Å²) in [5, 5.41) is 11.9. The van der Waals surface area contributed by atoms with Crippen LogP contribution in [0.3, 0.4) is 0 Å². The van der Waals surface area contributed by atoms with E-state index in [4.69, 9.17) is 0 Å². The van der Waals surface area contributed by atoms with Gasteiger partial charge in [-0.15, -0.1) is 0 Å². The van der Waals surface area contributed by atoms with Crippen LogP contribution >= 0.6 is 11.3 Å². The molecule has 0 saturated heterocycles. The van der Waals surface area contributed by atoms with Crippen LogP contribution in [0.1, 0.15) is 10.4 Å². The topological polar surface area (TPSA) is 63.5 Å². The van der Waals surface area contributed by atoms with Crippen molar-refractivity contribution in [3.63, 3.8) is 0 Å². The van der Waals surface area contributed by atoms with Gasteiger partial charge in [0.25, 0.3) is 0 Å². The Hall–Kier alpha value is -1.69. The van der Waals surface area contributed by atoms with E-state index in [-0.39, 0.29) is 10.8 Å². The summed E-state index contributed by atoms with van der Waals surface area (Å²) in [6.45, 7) is 0. The number of carbonyl (C=O) groups is 1. The normalized spacial score (nSPS) is 10.5. The highest BCUT2D eigenvalue weighted by atomic mass is 32.1. The van der Waals surface area contributed by atoms with Gasteiger partial charge in [0.2, 0.25) is 0 Å². The molecule has 1 rings (SSSR count).